The fraction of sp³-hybridized carbons (Fsp3) is 0.867. The van der Waals surface area contributed by atoms with Crippen LogP contribution < -0.4 is 5.32 Å². The van der Waals surface area contributed by atoms with Crippen LogP contribution in [0.2, 0.25) is 0 Å². The number of aliphatic imine (C=N–C) groups is 1. The highest BCUT2D eigenvalue weighted by atomic mass is 16.5. The van der Waals surface area contributed by atoms with Gasteiger partial charge >= 0.3 is 5.97 Å². The van der Waals surface area contributed by atoms with Crippen LogP contribution in [0.15, 0.2) is 4.99 Å². The van der Waals surface area contributed by atoms with Gasteiger partial charge in [0.2, 0.25) is 0 Å². The average Bonchev–Trinajstić information content (AvgIpc) is 2.89. The third-order valence-electron chi connectivity index (χ3n) is 4.46. The number of nitrogens with zero attached hydrogens (tertiary/aromatic N) is 3. The topological polar surface area (TPSA) is 66.4 Å². The number of esters is 1. The molecule has 7 heteroatoms. The van der Waals surface area contributed by atoms with Crippen molar-refractivity contribution in [3.8, 4) is 0 Å². The van der Waals surface area contributed by atoms with Crippen molar-refractivity contribution in [1.29, 1.82) is 0 Å². The van der Waals surface area contributed by atoms with E-state index in [1.54, 1.807) is 7.05 Å². The average molecular weight is 312 g/mol. The van der Waals surface area contributed by atoms with Crippen LogP contribution in [-0.4, -0.2) is 88.4 Å². The zero-order chi connectivity index (χ0) is 16.1. The van der Waals surface area contributed by atoms with Crippen molar-refractivity contribution in [2.24, 2.45) is 16.8 Å². The van der Waals surface area contributed by atoms with E-state index in [-0.39, 0.29) is 23.9 Å². The highest BCUT2D eigenvalue weighted by Gasteiger charge is 2.37. The number of rotatable bonds is 3. The Balaban J connectivity index is 1.86. The van der Waals surface area contributed by atoms with Gasteiger partial charge < -0.3 is 24.6 Å². The molecule has 2 saturated heterocycles. The van der Waals surface area contributed by atoms with E-state index in [9.17, 15) is 4.79 Å². The largest absolute Gasteiger partial charge is 0.469 e. The van der Waals surface area contributed by atoms with Crippen molar-refractivity contribution in [2.75, 3.05) is 60.5 Å². The molecule has 2 aliphatic heterocycles. The number of hydrogen-bond donors (Lipinski definition) is 1. The van der Waals surface area contributed by atoms with Gasteiger partial charge in [-0.2, -0.15) is 0 Å². The minimum atomic E-state index is -0.136. The third kappa shape index (κ3) is 4.10. The molecule has 2 rings (SSSR count). The Labute approximate surface area is 132 Å². The van der Waals surface area contributed by atoms with Crippen LogP contribution in [0.4, 0.5) is 0 Å². The van der Waals surface area contributed by atoms with Crippen LogP contribution >= 0.6 is 0 Å². The number of nitrogens with one attached hydrogen (secondary N) is 1. The molecule has 0 spiro atoms. The van der Waals surface area contributed by atoms with Gasteiger partial charge in [-0.3, -0.25) is 9.79 Å². The maximum absolute atomic E-state index is 11.8. The predicted octanol–water partition coefficient (Wildman–Crippen LogP) is -0.367. The van der Waals surface area contributed by atoms with Gasteiger partial charge in [0.25, 0.3) is 0 Å². The monoisotopic (exact) mass is 312 g/mol. The van der Waals surface area contributed by atoms with Gasteiger partial charge in [0.05, 0.1) is 25.7 Å². The number of hydrogen-bond acceptors (Lipinski definition) is 5. The number of likely N-dealkylation sites (tertiary alicyclic amines) is 1. The lowest BCUT2D eigenvalue weighted by molar-refractivity contribution is -0.145. The quantitative estimate of drug-likeness (QED) is 0.436. The van der Waals surface area contributed by atoms with E-state index in [0.717, 1.165) is 38.7 Å². The molecule has 2 heterocycles. The number of morpholine rings is 1. The van der Waals surface area contributed by atoms with Gasteiger partial charge in [-0.25, -0.2) is 0 Å². The van der Waals surface area contributed by atoms with Crippen molar-refractivity contribution in [3.63, 3.8) is 0 Å². The number of ether oxygens (including phenoxy) is 2. The first-order valence-electron chi connectivity index (χ1n) is 7.88. The Hall–Kier alpha value is -1.34. The second kappa shape index (κ2) is 7.78. The number of likely N-dealkylation sites (N-methyl/N-ethyl adjacent to an activating group) is 1. The number of carbonyl (C=O) groups is 1. The SMILES string of the molecule is CN=C(NCC1CN(C)CCO1)N1CC(C)C(C(=O)OC)C1. The summed E-state index contributed by atoms with van der Waals surface area (Å²) in [7, 11) is 5.32. The molecule has 0 saturated carbocycles. The van der Waals surface area contributed by atoms with E-state index in [0.29, 0.717) is 6.54 Å². The van der Waals surface area contributed by atoms with Crippen LogP contribution in [0.5, 0.6) is 0 Å². The molecule has 1 N–H and O–H groups in total. The fourth-order valence-electron chi connectivity index (χ4n) is 3.13. The fourth-order valence-corrected chi connectivity index (χ4v) is 3.13. The summed E-state index contributed by atoms with van der Waals surface area (Å²) in [6, 6.07) is 0. The first kappa shape index (κ1) is 17.0. The van der Waals surface area contributed by atoms with Crippen LogP contribution in [0.3, 0.4) is 0 Å². The molecular weight excluding hydrogens is 284 g/mol. The van der Waals surface area contributed by atoms with E-state index >= 15 is 0 Å². The summed E-state index contributed by atoms with van der Waals surface area (Å²) in [6.07, 6.45) is 0.173. The van der Waals surface area contributed by atoms with Crippen molar-refractivity contribution in [2.45, 2.75) is 13.0 Å². The third-order valence-corrected chi connectivity index (χ3v) is 4.46. The highest BCUT2D eigenvalue weighted by molar-refractivity contribution is 5.82. The second-order valence-electron chi connectivity index (χ2n) is 6.20. The normalized spacial score (nSPS) is 30.5. The Morgan fingerprint density at radius 2 is 2.18 bits per heavy atom. The molecule has 3 unspecified atom stereocenters. The zero-order valence-electron chi connectivity index (χ0n) is 14.0. The summed E-state index contributed by atoms with van der Waals surface area (Å²) in [5.41, 5.74) is 0. The Morgan fingerprint density at radius 1 is 1.41 bits per heavy atom. The lowest BCUT2D eigenvalue weighted by atomic mass is 9.99. The number of carbonyl (C=O) groups excluding carboxylic acids is 1. The zero-order valence-corrected chi connectivity index (χ0v) is 14.0. The van der Waals surface area contributed by atoms with Gasteiger partial charge in [-0.1, -0.05) is 6.92 Å². The summed E-state index contributed by atoms with van der Waals surface area (Å²) in [6.45, 7) is 6.94. The Morgan fingerprint density at radius 3 is 2.82 bits per heavy atom. The standard InChI is InChI=1S/C15H28N4O3/c1-11-8-19(10-13(11)14(20)21-4)15(16-2)17-7-12-9-18(3)5-6-22-12/h11-13H,5-10H2,1-4H3,(H,16,17). The molecule has 0 aliphatic carbocycles. The van der Waals surface area contributed by atoms with Crippen molar-refractivity contribution >= 4 is 11.9 Å². The smallest absolute Gasteiger partial charge is 0.310 e. The highest BCUT2D eigenvalue weighted by Crippen LogP contribution is 2.24. The van der Waals surface area contributed by atoms with Crippen LogP contribution in [-0.2, 0) is 14.3 Å². The maximum atomic E-state index is 11.8. The molecule has 22 heavy (non-hydrogen) atoms. The van der Waals surface area contributed by atoms with E-state index < -0.39 is 0 Å². The summed E-state index contributed by atoms with van der Waals surface area (Å²) >= 11 is 0. The van der Waals surface area contributed by atoms with E-state index in [1.165, 1.54) is 7.11 Å². The van der Waals surface area contributed by atoms with Gasteiger partial charge in [-0.15, -0.1) is 0 Å². The molecule has 0 amide bonds. The van der Waals surface area contributed by atoms with Crippen LogP contribution in [0, 0.1) is 11.8 Å². The summed E-state index contributed by atoms with van der Waals surface area (Å²) in [4.78, 5) is 20.5. The van der Waals surface area contributed by atoms with Crippen LogP contribution in [0.25, 0.3) is 0 Å². The first-order chi connectivity index (χ1) is 10.5. The van der Waals surface area contributed by atoms with Gasteiger partial charge in [0.15, 0.2) is 5.96 Å². The van der Waals surface area contributed by atoms with Crippen molar-refractivity contribution in [1.82, 2.24) is 15.1 Å². The molecule has 126 valence electrons. The summed E-state index contributed by atoms with van der Waals surface area (Å²) in [5.74, 6) is 0.876. The molecule has 2 aliphatic rings. The molecule has 3 atom stereocenters. The molecule has 0 radical (unpaired) electrons. The lowest BCUT2D eigenvalue weighted by Crippen LogP contribution is -2.49. The minimum Gasteiger partial charge on any atom is -0.469 e. The van der Waals surface area contributed by atoms with E-state index in [1.807, 2.05) is 0 Å². The molecule has 0 aromatic carbocycles. The molecule has 2 fully saturated rings. The molecule has 7 nitrogen and oxygen atoms in total. The Bertz CT molecular complexity index is 416. The predicted molar refractivity (Wildman–Crippen MR) is 84.8 cm³/mol. The summed E-state index contributed by atoms with van der Waals surface area (Å²) < 4.78 is 10.6. The Kier molecular flexibility index (Phi) is 6.02. The minimum absolute atomic E-state index is 0.0828. The molecule has 0 aromatic heterocycles. The maximum Gasteiger partial charge on any atom is 0.310 e. The second-order valence-corrected chi connectivity index (χ2v) is 6.20. The first-order valence-corrected chi connectivity index (χ1v) is 7.88. The summed E-state index contributed by atoms with van der Waals surface area (Å²) in [5, 5.41) is 3.37. The van der Waals surface area contributed by atoms with Crippen molar-refractivity contribution < 1.29 is 14.3 Å². The molecule has 0 aromatic rings. The van der Waals surface area contributed by atoms with Crippen molar-refractivity contribution in [3.05, 3.63) is 0 Å². The molecule has 0 bridgehead atoms. The van der Waals surface area contributed by atoms with Gasteiger partial charge in [0.1, 0.15) is 0 Å². The van der Waals surface area contributed by atoms with E-state index in [2.05, 4.69) is 34.1 Å². The lowest BCUT2D eigenvalue weighted by Gasteiger charge is -2.31. The molecular formula is C15H28N4O3. The number of guanidine groups is 1. The van der Waals surface area contributed by atoms with E-state index in [4.69, 9.17) is 9.47 Å². The van der Waals surface area contributed by atoms with Gasteiger partial charge in [-0.05, 0) is 13.0 Å². The number of methoxy groups -OCH3 is 1. The van der Waals surface area contributed by atoms with Crippen LogP contribution in [0.1, 0.15) is 6.92 Å². The van der Waals surface area contributed by atoms with Gasteiger partial charge in [0, 0.05) is 39.8 Å².